The first-order chi connectivity index (χ1) is 8.61. The zero-order valence-corrected chi connectivity index (χ0v) is 9.48. The normalized spacial score (nSPS) is 10.2. The van der Waals surface area contributed by atoms with Gasteiger partial charge in [-0.15, -0.1) is 11.7 Å². The summed E-state index contributed by atoms with van der Waals surface area (Å²) in [5, 5.41) is 18.6. The summed E-state index contributed by atoms with van der Waals surface area (Å²) >= 11 is 0. The molecule has 0 aliphatic heterocycles. The molecule has 2 aromatic rings. The number of hydrogen-bond donors (Lipinski definition) is 1. The minimum Gasteiger partial charge on any atom is -0.393 e. The Kier molecular flexibility index (Phi) is 3.05. The second-order valence-corrected chi connectivity index (χ2v) is 3.65. The van der Waals surface area contributed by atoms with Gasteiger partial charge in [0, 0.05) is 11.6 Å². The van der Waals surface area contributed by atoms with Gasteiger partial charge in [-0.3, -0.25) is 10.1 Å². The minimum atomic E-state index is -0.521. The Bertz CT molecular complexity index is 605. The van der Waals surface area contributed by atoms with E-state index in [1.165, 1.54) is 12.1 Å². The van der Waals surface area contributed by atoms with Crippen LogP contribution >= 0.6 is 0 Å². The lowest BCUT2D eigenvalue weighted by atomic mass is 10.1. The number of rotatable bonds is 4. The molecule has 92 valence electrons. The fourth-order valence-electron chi connectivity index (χ4n) is 1.51. The molecule has 0 atom stereocenters. The monoisotopic (exact) mass is 245 g/mol. The van der Waals surface area contributed by atoms with Gasteiger partial charge in [-0.2, -0.15) is 0 Å². The number of allylic oxidation sites excluding steroid dienone is 1. The van der Waals surface area contributed by atoms with Crippen LogP contribution in [0.25, 0.3) is 11.3 Å². The van der Waals surface area contributed by atoms with Crippen molar-refractivity contribution >= 4 is 11.4 Å². The summed E-state index contributed by atoms with van der Waals surface area (Å²) in [6.45, 7) is 4.12. The molecular weight excluding hydrogens is 234 g/mol. The Labute approximate surface area is 103 Å². The summed E-state index contributed by atoms with van der Waals surface area (Å²) in [5.74, 6) is 0. The Morgan fingerprint density at radius 1 is 1.56 bits per heavy atom. The third kappa shape index (κ3) is 2.19. The number of nitro benzene ring substituents is 1. The fourth-order valence-corrected chi connectivity index (χ4v) is 1.51. The highest BCUT2D eigenvalue weighted by molar-refractivity contribution is 5.69. The quantitative estimate of drug-likeness (QED) is 0.382. The first kappa shape index (κ1) is 11.8. The number of benzene rings is 1. The molecule has 1 heterocycles. The van der Waals surface area contributed by atoms with Gasteiger partial charge in [-0.05, 0) is 6.07 Å². The van der Waals surface area contributed by atoms with Crippen molar-refractivity contribution in [3.63, 3.8) is 0 Å². The van der Waals surface area contributed by atoms with E-state index < -0.39 is 4.92 Å². The number of nitro groups is 1. The number of nitrogens with two attached hydrogens (primary N) is 1. The van der Waals surface area contributed by atoms with Gasteiger partial charge in [-0.25, -0.2) is 4.68 Å². The van der Waals surface area contributed by atoms with Gasteiger partial charge in [0.2, 0.25) is 0 Å². The largest absolute Gasteiger partial charge is 0.393 e. The Morgan fingerprint density at radius 3 is 3.00 bits per heavy atom. The first-order valence-corrected chi connectivity index (χ1v) is 5.17. The van der Waals surface area contributed by atoms with Gasteiger partial charge >= 0.3 is 0 Å². The maximum Gasteiger partial charge on any atom is 0.292 e. The first-order valence-electron chi connectivity index (χ1n) is 5.17. The smallest absolute Gasteiger partial charge is 0.292 e. The molecule has 18 heavy (non-hydrogen) atoms. The van der Waals surface area contributed by atoms with Crippen molar-refractivity contribution in [3.8, 4) is 11.3 Å². The van der Waals surface area contributed by atoms with E-state index in [1.807, 2.05) is 0 Å². The van der Waals surface area contributed by atoms with E-state index in [2.05, 4.69) is 16.9 Å². The van der Waals surface area contributed by atoms with Crippen molar-refractivity contribution in [2.24, 2.45) is 0 Å². The zero-order chi connectivity index (χ0) is 13.1. The van der Waals surface area contributed by atoms with Crippen molar-refractivity contribution in [1.82, 2.24) is 15.0 Å². The average molecular weight is 245 g/mol. The average Bonchev–Trinajstić information content (AvgIpc) is 2.78. The van der Waals surface area contributed by atoms with Crippen LogP contribution in [0.2, 0.25) is 0 Å². The van der Waals surface area contributed by atoms with E-state index in [4.69, 9.17) is 5.73 Å². The van der Waals surface area contributed by atoms with Gasteiger partial charge in [0.25, 0.3) is 5.69 Å². The van der Waals surface area contributed by atoms with E-state index in [1.54, 1.807) is 23.0 Å². The molecule has 0 aliphatic rings. The summed E-state index contributed by atoms with van der Waals surface area (Å²) in [4.78, 5) is 10.3. The highest BCUT2D eigenvalue weighted by Gasteiger charge is 2.14. The fraction of sp³-hybridized carbons (Fsp3) is 0.0909. The summed E-state index contributed by atoms with van der Waals surface area (Å²) in [6, 6.07) is 4.54. The van der Waals surface area contributed by atoms with Gasteiger partial charge in [-0.1, -0.05) is 17.4 Å². The van der Waals surface area contributed by atoms with Crippen molar-refractivity contribution in [1.29, 1.82) is 0 Å². The van der Waals surface area contributed by atoms with Crippen molar-refractivity contribution < 1.29 is 4.92 Å². The molecule has 2 N–H and O–H groups in total. The van der Waals surface area contributed by atoms with Crippen LogP contribution in [-0.4, -0.2) is 19.9 Å². The molecule has 0 unspecified atom stereocenters. The van der Waals surface area contributed by atoms with Crippen LogP contribution in [0.5, 0.6) is 0 Å². The van der Waals surface area contributed by atoms with E-state index in [9.17, 15) is 10.1 Å². The van der Waals surface area contributed by atoms with Crippen molar-refractivity contribution in [2.45, 2.75) is 6.54 Å². The van der Waals surface area contributed by atoms with Gasteiger partial charge in [0.05, 0.1) is 17.7 Å². The summed E-state index contributed by atoms with van der Waals surface area (Å²) in [6.07, 6.45) is 3.38. The minimum absolute atomic E-state index is 0.127. The highest BCUT2D eigenvalue weighted by Crippen LogP contribution is 2.27. The topological polar surface area (TPSA) is 99.9 Å². The van der Waals surface area contributed by atoms with E-state index in [0.29, 0.717) is 17.8 Å². The number of aromatic nitrogens is 3. The van der Waals surface area contributed by atoms with Gasteiger partial charge in [0.1, 0.15) is 11.4 Å². The lowest BCUT2D eigenvalue weighted by Crippen LogP contribution is -1.95. The lowest BCUT2D eigenvalue weighted by Gasteiger charge is -1.99. The standard InChI is InChI=1S/C11H11N5O2/c1-2-5-15-7-10(13-14-15)8-3-4-9(12)11(6-8)16(17)18/h2-4,6-7H,1,5,12H2. The lowest BCUT2D eigenvalue weighted by molar-refractivity contribution is -0.383. The molecule has 0 fully saturated rings. The molecule has 1 aromatic carbocycles. The predicted molar refractivity (Wildman–Crippen MR) is 66.7 cm³/mol. The second-order valence-electron chi connectivity index (χ2n) is 3.65. The molecule has 0 aliphatic carbocycles. The molecule has 0 amide bonds. The van der Waals surface area contributed by atoms with Gasteiger partial charge < -0.3 is 5.73 Å². The molecule has 7 nitrogen and oxygen atoms in total. The van der Waals surface area contributed by atoms with Crippen molar-refractivity contribution in [2.75, 3.05) is 5.73 Å². The molecule has 0 spiro atoms. The SMILES string of the molecule is C=CCn1cc(-c2ccc(N)c([N+](=O)[O-])c2)nn1. The highest BCUT2D eigenvalue weighted by atomic mass is 16.6. The number of nitrogens with zero attached hydrogens (tertiary/aromatic N) is 4. The van der Waals surface area contributed by atoms with Crippen LogP contribution in [0.1, 0.15) is 0 Å². The third-order valence-corrected chi connectivity index (χ3v) is 2.38. The Hall–Kier alpha value is -2.70. The predicted octanol–water partition coefficient (Wildman–Crippen LogP) is 1.62. The zero-order valence-electron chi connectivity index (χ0n) is 9.48. The number of anilines is 1. The molecule has 0 radical (unpaired) electrons. The Morgan fingerprint density at radius 2 is 2.33 bits per heavy atom. The molecule has 7 heteroatoms. The Balaban J connectivity index is 2.40. The van der Waals surface area contributed by atoms with Crippen LogP contribution in [0.3, 0.4) is 0 Å². The van der Waals surface area contributed by atoms with Crippen LogP contribution in [0.4, 0.5) is 11.4 Å². The van der Waals surface area contributed by atoms with Crippen LogP contribution in [-0.2, 0) is 6.54 Å². The molecule has 0 saturated carbocycles. The molecule has 0 saturated heterocycles. The molecule has 2 rings (SSSR count). The second kappa shape index (κ2) is 4.66. The van der Waals surface area contributed by atoms with Crippen molar-refractivity contribution in [3.05, 3.63) is 47.2 Å². The summed E-state index contributed by atoms with van der Waals surface area (Å²) < 4.78 is 1.59. The van der Waals surface area contributed by atoms with Crippen LogP contribution < -0.4 is 5.73 Å². The molecular formula is C11H11N5O2. The van der Waals surface area contributed by atoms with Crippen LogP contribution in [0, 0.1) is 10.1 Å². The number of hydrogen-bond acceptors (Lipinski definition) is 5. The van der Waals surface area contributed by atoms with E-state index in [-0.39, 0.29) is 11.4 Å². The maximum absolute atomic E-state index is 10.8. The summed E-state index contributed by atoms with van der Waals surface area (Å²) in [7, 11) is 0. The number of nitrogen functional groups attached to an aromatic ring is 1. The maximum atomic E-state index is 10.8. The van der Waals surface area contributed by atoms with E-state index in [0.717, 1.165) is 0 Å². The summed E-state index contributed by atoms with van der Waals surface area (Å²) in [5.41, 5.74) is 6.68. The van der Waals surface area contributed by atoms with E-state index >= 15 is 0 Å². The molecule has 0 bridgehead atoms. The molecule has 1 aromatic heterocycles. The van der Waals surface area contributed by atoms with Crippen LogP contribution in [0.15, 0.2) is 37.1 Å². The third-order valence-electron chi connectivity index (χ3n) is 2.38. The van der Waals surface area contributed by atoms with Gasteiger partial charge in [0.15, 0.2) is 0 Å².